The van der Waals surface area contributed by atoms with Crippen LogP contribution >= 0.6 is 0 Å². The fourth-order valence-corrected chi connectivity index (χ4v) is 7.22. The average Bonchev–Trinajstić information content (AvgIpc) is 3.29. The van der Waals surface area contributed by atoms with Crippen molar-refractivity contribution in [3.8, 4) is 45.8 Å². The maximum absolute atomic E-state index is 12.8. The van der Waals surface area contributed by atoms with Crippen LogP contribution in [0, 0.1) is 0 Å². The van der Waals surface area contributed by atoms with Gasteiger partial charge in [0, 0.05) is 18.2 Å². The number of carbonyl (C=O) groups excluding carboxylic acids is 1. The van der Waals surface area contributed by atoms with E-state index in [0.29, 0.717) is 5.56 Å². The van der Waals surface area contributed by atoms with Gasteiger partial charge in [-0.1, -0.05) is 6.07 Å². The molecule has 15 unspecified atom stereocenters. The summed E-state index contributed by atoms with van der Waals surface area (Å²) in [6.45, 7) is -2.39. The normalized spacial score (nSPS) is 32.9. The first-order valence-electron chi connectivity index (χ1n) is 19.9. The van der Waals surface area contributed by atoms with Gasteiger partial charge in [0.15, 0.2) is 23.9 Å². The molecule has 3 fully saturated rings. The lowest BCUT2D eigenvalue weighted by Gasteiger charge is -2.45. The molecule has 65 heavy (non-hydrogen) atoms. The Morgan fingerprint density at radius 2 is 1.20 bits per heavy atom. The number of fused-ring (bicyclic) bond motifs is 1. The Kier molecular flexibility index (Phi) is 14.6. The smallest absolute Gasteiger partial charge is 0.402 e. The molecule has 1 aromatic heterocycles. The van der Waals surface area contributed by atoms with Crippen LogP contribution in [0.4, 0.5) is 0 Å². The molecule has 7 rings (SSSR count). The largest absolute Gasteiger partial charge is 0.508 e. The molecular weight excluding hydrogens is 872 g/mol. The van der Waals surface area contributed by atoms with Crippen molar-refractivity contribution in [2.75, 3.05) is 19.8 Å². The third-order valence-corrected chi connectivity index (χ3v) is 10.8. The second kappa shape index (κ2) is 19.9. The lowest BCUT2D eigenvalue weighted by atomic mass is 9.97. The number of hydrogen-bond donors (Lipinski definition) is 14. The van der Waals surface area contributed by atoms with Gasteiger partial charge in [-0.15, -0.1) is 0 Å². The second-order valence-electron chi connectivity index (χ2n) is 15.3. The molecule has 14 N–H and O–H groups in total. The number of phenols is 4. The summed E-state index contributed by atoms with van der Waals surface area (Å²) in [5, 5.41) is 146. The average molecular weight is 920 g/mol. The second-order valence-corrected chi connectivity index (χ2v) is 15.3. The summed E-state index contributed by atoms with van der Waals surface area (Å²) >= 11 is 0. The van der Waals surface area contributed by atoms with E-state index in [1.165, 1.54) is 54.6 Å². The van der Waals surface area contributed by atoms with E-state index in [-0.39, 0.29) is 39.5 Å². The lowest BCUT2D eigenvalue weighted by molar-refractivity contribution is -0.357. The van der Waals surface area contributed by atoms with E-state index in [9.17, 15) is 76.3 Å². The first-order valence-corrected chi connectivity index (χ1v) is 19.9. The molecule has 3 aliphatic heterocycles. The van der Waals surface area contributed by atoms with E-state index in [0.717, 1.165) is 18.2 Å². The van der Waals surface area contributed by atoms with Crippen LogP contribution in [-0.4, -0.2) is 189 Å². The molecule has 4 aromatic rings. The maximum Gasteiger partial charge on any atom is 0.402 e. The molecule has 0 spiro atoms. The van der Waals surface area contributed by atoms with Crippen LogP contribution in [0.5, 0.6) is 34.5 Å². The minimum Gasteiger partial charge on any atom is -0.508 e. The molecule has 15 atom stereocenters. The highest BCUT2D eigenvalue weighted by Crippen LogP contribution is 2.43. The zero-order chi connectivity index (χ0) is 46.9. The summed E-state index contributed by atoms with van der Waals surface area (Å²) in [6.07, 6.45) is -25.0. The van der Waals surface area contributed by atoms with Crippen molar-refractivity contribution in [3.05, 3.63) is 72.3 Å². The summed E-state index contributed by atoms with van der Waals surface area (Å²) in [7, 11) is 0. The summed E-state index contributed by atoms with van der Waals surface area (Å²) in [5.74, 6) is -3.19. The quantitative estimate of drug-likeness (QED) is 0.0289. The topological polar surface area (TPSA) is 376 Å². The summed E-state index contributed by atoms with van der Waals surface area (Å²) in [4.78, 5) is 12.8. The van der Waals surface area contributed by atoms with Crippen LogP contribution < -0.4 is 9.47 Å². The van der Waals surface area contributed by atoms with Gasteiger partial charge in [-0.05, 0) is 48.0 Å². The number of esters is 1. The Hall–Kier alpha value is -5.48. The van der Waals surface area contributed by atoms with E-state index in [1.54, 1.807) is 0 Å². The van der Waals surface area contributed by atoms with E-state index >= 15 is 0 Å². The first kappa shape index (κ1) is 47.5. The van der Waals surface area contributed by atoms with Crippen molar-refractivity contribution in [1.29, 1.82) is 0 Å². The molecule has 0 amide bonds. The van der Waals surface area contributed by atoms with Gasteiger partial charge >= 0.3 is 17.3 Å². The number of benzene rings is 3. The van der Waals surface area contributed by atoms with Crippen molar-refractivity contribution in [2.24, 2.45) is 0 Å². The zero-order valence-corrected chi connectivity index (χ0v) is 33.6. The van der Waals surface area contributed by atoms with E-state index in [1.807, 2.05) is 0 Å². The van der Waals surface area contributed by atoms with Gasteiger partial charge in [0.1, 0.15) is 96.4 Å². The number of aliphatic hydroxyl groups excluding tert-OH is 10. The standard InChI is InChI=1S/C42H46O23/c43-13-26-30(50)33(53)36(56)40(62-26)60-24-11-19(46)10-23-20(24)12-25(38(59-23)17-3-5-18(45)6-4-17)61-42-39(65-41-37(57)34(54)31(51)27(14-44)63-41)35(55)32(52)28(64-42)15-58-29(49)8-2-16-1-7-21(47)22(48)9-16/h1-12,26-28,30-37,39-44,50-57H,13-15H2,(H3-,45,46,47,48,49)/p+1. The van der Waals surface area contributed by atoms with Crippen molar-refractivity contribution in [1.82, 2.24) is 0 Å². The van der Waals surface area contributed by atoms with Crippen LogP contribution in [0.15, 0.2) is 71.2 Å². The molecule has 4 heterocycles. The minimum absolute atomic E-state index is 0.0423. The van der Waals surface area contributed by atoms with Crippen LogP contribution in [0.25, 0.3) is 28.4 Å². The molecule has 0 radical (unpaired) electrons. The van der Waals surface area contributed by atoms with Gasteiger partial charge in [-0.25, -0.2) is 9.21 Å². The Morgan fingerprint density at radius 3 is 1.85 bits per heavy atom. The number of aliphatic hydroxyl groups is 10. The minimum atomic E-state index is -2.06. The van der Waals surface area contributed by atoms with Crippen LogP contribution in [0.1, 0.15) is 5.56 Å². The van der Waals surface area contributed by atoms with Crippen molar-refractivity contribution in [2.45, 2.75) is 92.1 Å². The third kappa shape index (κ3) is 10.2. The lowest BCUT2D eigenvalue weighted by Crippen LogP contribution is -2.65. The molecule has 0 bridgehead atoms. The van der Waals surface area contributed by atoms with Crippen LogP contribution in [0.2, 0.25) is 0 Å². The van der Waals surface area contributed by atoms with Gasteiger partial charge in [-0.2, -0.15) is 0 Å². The Balaban J connectivity index is 1.26. The zero-order valence-electron chi connectivity index (χ0n) is 33.6. The van der Waals surface area contributed by atoms with E-state index < -0.39 is 135 Å². The fourth-order valence-electron chi connectivity index (χ4n) is 7.22. The number of carbonyl (C=O) groups is 1. The monoisotopic (exact) mass is 919 g/mol. The van der Waals surface area contributed by atoms with Crippen LogP contribution in [-0.2, 0) is 28.5 Å². The van der Waals surface area contributed by atoms with Gasteiger partial charge in [0.25, 0.3) is 0 Å². The van der Waals surface area contributed by atoms with Crippen LogP contribution in [0.3, 0.4) is 0 Å². The summed E-state index contributed by atoms with van der Waals surface area (Å²) < 4.78 is 46.6. The number of ether oxygens (including phenoxy) is 7. The van der Waals surface area contributed by atoms with Gasteiger partial charge in [0.2, 0.25) is 18.3 Å². The maximum atomic E-state index is 12.8. The molecule has 3 aromatic carbocycles. The number of phenolic OH excluding ortho intramolecular Hbond substituents is 4. The molecule has 23 nitrogen and oxygen atoms in total. The first-order chi connectivity index (χ1) is 31.0. The number of hydrogen-bond acceptors (Lipinski definition) is 22. The molecule has 3 aliphatic rings. The van der Waals surface area contributed by atoms with Gasteiger partial charge < -0.3 is 105 Å². The summed E-state index contributed by atoms with van der Waals surface area (Å²) in [6, 6.07) is 12.6. The molecule has 0 saturated carbocycles. The SMILES string of the molecule is O=C(C=Cc1ccc(O)c(O)c1)OCC1OC(Oc2cc3c(OC4OC(CO)C(O)C(O)C4O)cc(O)cc3[o+]c2-c2ccc(O)cc2)C(OC2OC(CO)C(O)C(O)C2O)C(O)C1O. The van der Waals surface area contributed by atoms with E-state index in [4.69, 9.17) is 37.6 Å². The molecular formula is C42H47O23+. The van der Waals surface area contributed by atoms with Gasteiger partial charge in [0.05, 0.1) is 24.8 Å². The highest BCUT2D eigenvalue weighted by molar-refractivity contribution is 5.89. The molecule has 3 saturated heterocycles. The van der Waals surface area contributed by atoms with E-state index in [2.05, 4.69) is 0 Å². The molecule has 352 valence electrons. The highest BCUT2D eigenvalue weighted by atomic mass is 16.8. The van der Waals surface area contributed by atoms with Crippen molar-refractivity contribution in [3.63, 3.8) is 0 Å². The van der Waals surface area contributed by atoms with Crippen molar-refractivity contribution < 1.29 is 114 Å². The molecule has 0 aliphatic carbocycles. The Bertz CT molecular complexity index is 2300. The predicted molar refractivity (Wildman–Crippen MR) is 213 cm³/mol. The Labute approximate surface area is 366 Å². The predicted octanol–water partition coefficient (Wildman–Crippen LogP) is -2.35. The fraction of sp³-hybridized carbons (Fsp3) is 0.429. The Morgan fingerprint density at radius 1 is 0.600 bits per heavy atom. The number of aromatic hydroxyl groups is 4. The van der Waals surface area contributed by atoms with Crippen molar-refractivity contribution >= 4 is 23.0 Å². The molecule has 23 heteroatoms. The number of rotatable bonds is 13. The van der Waals surface area contributed by atoms with Gasteiger partial charge in [-0.3, -0.25) is 0 Å². The summed E-state index contributed by atoms with van der Waals surface area (Å²) in [5.41, 5.74) is 0.390. The third-order valence-electron chi connectivity index (χ3n) is 10.8. The highest BCUT2D eigenvalue weighted by Gasteiger charge is 2.52.